The molecule has 0 fully saturated rings. The van der Waals surface area contributed by atoms with Crippen LogP contribution in [0.4, 0.5) is 5.69 Å². The van der Waals surface area contributed by atoms with Gasteiger partial charge in [-0.1, -0.05) is 40.2 Å². The van der Waals surface area contributed by atoms with Crippen molar-refractivity contribution in [2.75, 3.05) is 5.73 Å². The molecule has 96 valence electrons. The Morgan fingerprint density at radius 2 is 1.84 bits per heavy atom. The van der Waals surface area contributed by atoms with Crippen molar-refractivity contribution in [2.45, 2.75) is 6.54 Å². The summed E-state index contributed by atoms with van der Waals surface area (Å²) in [5, 5.41) is 1.22. The Labute approximate surface area is 128 Å². The average molecular weight is 380 g/mol. The number of fused-ring (bicyclic) bond motifs is 1. The third kappa shape index (κ3) is 2.42. The minimum absolute atomic E-state index is 0.769. The standard InChI is InChI=1S/C15H12Br2N2/c16-11-6-5-10(14(18)7-11)8-19-9-13(17)12-3-1-2-4-15(12)19/h1-7,9H,8,18H2. The van der Waals surface area contributed by atoms with Crippen LogP contribution in [0.2, 0.25) is 0 Å². The zero-order chi connectivity index (χ0) is 13.4. The monoisotopic (exact) mass is 378 g/mol. The molecule has 2 aromatic carbocycles. The highest BCUT2D eigenvalue weighted by Crippen LogP contribution is 2.28. The smallest absolute Gasteiger partial charge is 0.0496 e. The number of hydrogen-bond donors (Lipinski definition) is 1. The van der Waals surface area contributed by atoms with Crippen LogP contribution in [-0.4, -0.2) is 4.57 Å². The summed E-state index contributed by atoms with van der Waals surface area (Å²) in [6.07, 6.45) is 2.10. The maximum Gasteiger partial charge on any atom is 0.0496 e. The van der Waals surface area contributed by atoms with E-state index in [1.54, 1.807) is 0 Å². The van der Waals surface area contributed by atoms with E-state index in [1.807, 2.05) is 18.2 Å². The fourth-order valence-corrected chi connectivity index (χ4v) is 3.19. The highest BCUT2D eigenvalue weighted by Gasteiger charge is 2.07. The molecule has 3 aromatic rings. The summed E-state index contributed by atoms with van der Waals surface area (Å²) in [7, 11) is 0. The van der Waals surface area contributed by atoms with Gasteiger partial charge < -0.3 is 10.3 Å². The summed E-state index contributed by atoms with van der Waals surface area (Å²) in [6, 6.07) is 14.3. The van der Waals surface area contributed by atoms with Gasteiger partial charge in [-0.25, -0.2) is 0 Å². The van der Waals surface area contributed by atoms with Crippen LogP contribution in [0.15, 0.2) is 57.6 Å². The zero-order valence-electron chi connectivity index (χ0n) is 10.1. The summed E-state index contributed by atoms with van der Waals surface area (Å²) in [5.41, 5.74) is 9.20. The van der Waals surface area contributed by atoms with E-state index in [4.69, 9.17) is 5.73 Å². The lowest BCUT2D eigenvalue weighted by Crippen LogP contribution is -2.01. The third-order valence-electron chi connectivity index (χ3n) is 3.19. The Kier molecular flexibility index (Phi) is 3.37. The van der Waals surface area contributed by atoms with Gasteiger partial charge in [0.1, 0.15) is 0 Å². The largest absolute Gasteiger partial charge is 0.398 e. The van der Waals surface area contributed by atoms with Gasteiger partial charge in [0.25, 0.3) is 0 Å². The lowest BCUT2D eigenvalue weighted by Gasteiger charge is -2.08. The van der Waals surface area contributed by atoms with Gasteiger partial charge >= 0.3 is 0 Å². The zero-order valence-corrected chi connectivity index (χ0v) is 13.3. The molecule has 1 aromatic heterocycles. The average Bonchev–Trinajstić information content (AvgIpc) is 2.71. The van der Waals surface area contributed by atoms with Crippen LogP contribution in [0, 0.1) is 0 Å². The number of aromatic nitrogens is 1. The topological polar surface area (TPSA) is 30.9 Å². The van der Waals surface area contributed by atoms with E-state index in [0.717, 1.165) is 26.7 Å². The first kappa shape index (κ1) is 12.8. The highest BCUT2D eigenvalue weighted by molar-refractivity contribution is 9.11. The van der Waals surface area contributed by atoms with Crippen LogP contribution < -0.4 is 5.73 Å². The van der Waals surface area contributed by atoms with Crippen molar-refractivity contribution in [2.24, 2.45) is 0 Å². The molecule has 0 spiro atoms. The Bertz CT molecular complexity index is 747. The van der Waals surface area contributed by atoms with Crippen LogP contribution in [0.3, 0.4) is 0 Å². The number of nitrogen functional groups attached to an aromatic ring is 1. The van der Waals surface area contributed by atoms with Gasteiger partial charge in [-0.2, -0.15) is 0 Å². The second-order valence-corrected chi connectivity index (χ2v) is 6.24. The molecule has 4 heteroatoms. The van der Waals surface area contributed by atoms with Crippen molar-refractivity contribution in [3.63, 3.8) is 0 Å². The van der Waals surface area contributed by atoms with Crippen molar-refractivity contribution in [1.29, 1.82) is 0 Å². The molecule has 2 N–H and O–H groups in total. The Balaban J connectivity index is 2.06. The van der Waals surface area contributed by atoms with Crippen LogP contribution in [0.25, 0.3) is 10.9 Å². The first-order valence-corrected chi connectivity index (χ1v) is 7.51. The molecule has 0 amide bonds. The van der Waals surface area contributed by atoms with Gasteiger partial charge in [0.05, 0.1) is 0 Å². The molecule has 0 unspecified atom stereocenters. The summed E-state index contributed by atoms with van der Waals surface area (Å²) >= 11 is 7.03. The molecule has 0 aliphatic carbocycles. The van der Waals surface area contributed by atoms with E-state index in [0.29, 0.717) is 0 Å². The van der Waals surface area contributed by atoms with Gasteiger partial charge in [0.15, 0.2) is 0 Å². The summed E-state index contributed by atoms with van der Waals surface area (Å²) in [4.78, 5) is 0. The number of nitrogens with zero attached hydrogens (tertiary/aromatic N) is 1. The summed E-state index contributed by atoms with van der Waals surface area (Å²) in [5.74, 6) is 0. The SMILES string of the molecule is Nc1cc(Br)ccc1Cn1cc(Br)c2ccccc21. The molecule has 19 heavy (non-hydrogen) atoms. The van der Waals surface area contributed by atoms with E-state index in [9.17, 15) is 0 Å². The minimum Gasteiger partial charge on any atom is -0.398 e. The molecule has 1 heterocycles. The minimum atomic E-state index is 0.769. The first-order chi connectivity index (χ1) is 9.15. The molecular formula is C15H12Br2N2. The van der Waals surface area contributed by atoms with Crippen molar-refractivity contribution in [3.05, 3.63) is 63.2 Å². The molecule has 0 radical (unpaired) electrons. The second-order valence-electron chi connectivity index (χ2n) is 4.47. The number of rotatable bonds is 2. The summed E-state index contributed by atoms with van der Waals surface area (Å²) < 4.78 is 4.32. The van der Waals surface area contributed by atoms with Crippen molar-refractivity contribution in [3.8, 4) is 0 Å². The highest BCUT2D eigenvalue weighted by atomic mass is 79.9. The van der Waals surface area contributed by atoms with Gasteiger partial charge in [-0.15, -0.1) is 0 Å². The van der Waals surface area contributed by atoms with Crippen LogP contribution in [0.1, 0.15) is 5.56 Å². The Hall–Kier alpha value is -1.26. The molecule has 2 nitrogen and oxygen atoms in total. The molecule has 0 saturated carbocycles. The predicted octanol–water partition coefficient (Wildman–Crippen LogP) is 4.80. The van der Waals surface area contributed by atoms with Crippen molar-refractivity contribution >= 4 is 48.5 Å². The van der Waals surface area contributed by atoms with E-state index in [2.05, 4.69) is 66.9 Å². The predicted molar refractivity (Wildman–Crippen MR) is 87.3 cm³/mol. The number of nitrogens with two attached hydrogens (primary N) is 1. The van der Waals surface area contributed by atoms with Crippen LogP contribution in [0.5, 0.6) is 0 Å². The van der Waals surface area contributed by atoms with Gasteiger partial charge in [-0.3, -0.25) is 0 Å². The second kappa shape index (κ2) is 5.02. The maximum absolute atomic E-state index is 6.07. The van der Waals surface area contributed by atoms with E-state index < -0.39 is 0 Å². The maximum atomic E-state index is 6.07. The summed E-state index contributed by atoms with van der Waals surface area (Å²) in [6.45, 7) is 0.769. The number of hydrogen-bond acceptors (Lipinski definition) is 1. The number of anilines is 1. The van der Waals surface area contributed by atoms with E-state index >= 15 is 0 Å². The molecule has 0 bridgehead atoms. The number of benzene rings is 2. The van der Waals surface area contributed by atoms with Gasteiger partial charge in [0.2, 0.25) is 0 Å². The van der Waals surface area contributed by atoms with E-state index in [1.165, 1.54) is 10.9 Å². The molecule has 0 atom stereocenters. The van der Waals surface area contributed by atoms with Gasteiger partial charge in [-0.05, 0) is 39.7 Å². The number of halogens is 2. The third-order valence-corrected chi connectivity index (χ3v) is 4.31. The van der Waals surface area contributed by atoms with Crippen LogP contribution in [-0.2, 0) is 6.54 Å². The fraction of sp³-hybridized carbons (Fsp3) is 0.0667. The first-order valence-electron chi connectivity index (χ1n) is 5.92. The Morgan fingerprint density at radius 3 is 2.63 bits per heavy atom. The molecular weight excluding hydrogens is 368 g/mol. The van der Waals surface area contributed by atoms with Crippen molar-refractivity contribution < 1.29 is 0 Å². The quantitative estimate of drug-likeness (QED) is 0.637. The molecule has 0 aliphatic rings. The molecule has 3 rings (SSSR count). The van der Waals surface area contributed by atoms with E-state index in [-0.39, 0.29) is 0 Å². The Morgan fingerprint density at radius 1 is 1.05 bits per heavy atom. The normalized spacial score (nSPS) is 11.1. The van der Waals surface area contributed by atoms with Crippen molar-refractivity contribution in [1.82, 2.24) is 4.57 Å². The number of para-hydroxylation sites is 1. The molecule has 0 saturated heterocycles. The van der Waals surface area contributed by atoms with Crippen LogP contribution >= 0.6 is 31.9 Å². The lowest BCUT2D eigenvalue weighted by atomic mass is 10.2. The molecule has 0 aliphatic heterocycles. The van der Waals surface area contributed by atoms with Gasteiger partial charge in [0, 0.05) is 38.3 Å². The fourth-order valence-electron chi connectivity index (χ4n) is 2.23. The lowest BCUT2D eigenvalue weighted by molar-refractivity contribution is 0.837.